The molecular weight excluding hydrogens is 368 g/mol. The van der Waals surface area contributed by atoms with Crippen molar-refractivity contribution in [3.8, 4) is 17.4 Å². The molecule has 29 heavy (non-hydrogen) atoms. The second-order valence-corrected chi connectivity index (χ2v) is 6.50. The Kier molecular flexibility index (Phi) is 5.61. The summed E-state index contributed by atoms with van der Waals surface area (Å²) >= 11 is 0. The van der Waals surface area contributed by atoms with Crippen LogP contribution in [0.4, 0.5) is 5.69 Å². The maximum absolute atomic E-state index is 12.5. The molecule has 0 aliphatic heterocycles. The van der Waals surface area contributed by atoms with E-state index in [0.29, 0.717) is 17.0 Å². The first-order valence-electron chi connectivity index (χ1n) is 8.82. The number of rotatable bonds is 5. The second-order valence-electron chi connectivity index (χ2n) is 6.50. The highest BCUT2D eigenvalue weighted by molar-refractivity contribution is 6.09. The second kappa shape index (κ2) is 8.28. The maximum atomic E-state index is 12.5. The van der Waals surface area contributed by atoms with Gasteiger partial charge in [0.2, 0.25) is 0 Å². The van der Waals surface area contributed by atoms with Crippen LogP contribution in [0.5, 0.6) is 0 Å². The van der Waals surface area contributed by atoms with Crippen molar-refractivity contribution in [2.24, 2.45) is 0 Å². The van der Waals surface area contributed by atoms with Crippen molar-refractivity contribution < 1.29 is 19.1 Å². The summed E-state index contributed by atoms with van der Waals surface area (Å²) in [6.07, 6.45) is 1.33. The zero-order chi connectivity index (χ0) is 21.0. The summed E-state index contributed by atoms with van der Waals surface area (Å²) in [5.74, 6) is -1.01. The average molecular weight is 386 g/mol. The van der Waals surface area contributed by atoms with E-state index < -0.39 is 11.9 Å². The molecule has 0 saturated carbocycles. The Balaban J connectivity index is 1.88. The first kappa shape index (κ1) is 19.6. The SMILES string of the molecule is Cc1ccc(C)c(NC(=O)/C(C#N)=C/c2ccc(-c3ccccc3C(=O)O)o2)c1. The summed E-state index contributed by atoms with van der Waals surface area (Å²) in [6.45, 7) is 3.78. The minimum absolute atomic E-state index is 0.102. The largest absolute Gasteiger partial charge is 0.478 e. The molecule has 6 nitrogen and oxygen atoms in total. The lowest BCUT2D eigenvalue weighted by atomic mass is 10.1. The molecule has 1 amide bonds. The quantitative estimate of drug-likeness (QED) is 0.484. The molecule has 0 atom stereocenters. The van der Waals surface area contributed by atoms with Gasteiger partial charge in [0, 0.05) is 17.3 Å². The average Bonchev–Trinajstić information content (AvgIpc) is 3.17. The first-order valence-corrected chi connectivity index (χ1v) is 8.82. The Hall–Kier alpha value is -4.11. The normalized spacial score (nSPS) is 11.0. The maximum Gasteiger partial charge on any atom is 0.336 e. The molecule has 0 bridgehead atoms. The molecular formula is C23H18N2O4. The summed E-state index contributed by atoms with van der Waals surface area (Å²) in [7, 11) is 0. The van der Waals surface area contributed by atoms with Gasteiger partial charge in [-0.2, -0.15) is 5.26 Å². The number of hydrogen-bond donors (Lipinski definition) is 2. The molecule has 2 N–H and O–H groups in total. The molecule has 0 aliphatic rings. The van der Waals surface area contributed by atoms with Crippen molar-refractivity contribution in [2.45, 2.75) is 13.8 Å². The van der Waals surface area contributed by atoms with Gasteiger partial charge in [0.05, 0.1) is 5.56 Å². The number of anilines is 1. The van der Waals surface area contributed by atoms with E-state index in [1.807, 2.05) is 38.1 Å². The summed E-state index contributed by atoms with van der Waals surface area (Å²) in [5, 5.41) is 21.5. The number of aromatic carboxylic acids is 1. The highest BCUT2D eigenvalue weighted by Crippen LogP contribution is 2.27. The first-order chi connectivity index (χ1) is 13.9. The number of hydrogen-bond acceptors (Lipinski definition) is 4. The van der Waals surface area contributed by atoms with E-state index in [1.165, 1.54) is 12.1 Å². The highest BCUT2D eigenvalue weighted by Gasteiger charge is 2.15. The van der Waals surface area contributed by atoms with Crippen molar-refractivity contribution in [1.29, 1.82) is 5.26 Å². The third-order valence-corrected chi connectivity index (χ3v) is 4.34. The van der Waals surface area contributed by atoms with Gasteiger partial charge in [-0.3, -0.25) is 4.79 Å². The number of carbonyl (C=O) groups excluding carboxylic acids is 1. The van der Waals surface area contributed by atoms with Gasteiger partial charge in [0.1, 0.15) is 23.2 Å². The number of carboxylic acids is 1. The van der Waals surface area contributed by atoms with Gasteiger partial charge in [-0.05, 0) is 49.2 Å². The van der Waals surface area contributed by atoms with Crippen LogP contribution in [0.25, 0.3) is 17.4 Å². The smallest absolute Gasteiger partial charge is 0.336 e. The fourth-order valence-corrected chi connectivity index (χ4v) is 2.81. The Morgan fingerprint density at radius 3 is 2.59 bits per heavy atom. The van der Waals surface area contributed by atoms with Gasteiger partial charge in [-0.1, -0.05) is 30.3 Å². The monoisotopic (exact) mass is 386 g/mol. The van der Waals surface area contributed by atoms with Gasteiger partial charge in [-0.25, -0.2) is 4.79 Å². The Bertz CT molecular complexity index is 1170. The molecule has 0 aliphatic carbocycles. The number of amides is 1. The fraction of sp³-hybridized carbons (Fsp3) is 0.0870. The van der Waals surface area contributed by atoms with Crippen LogP contribution >= 0.6 is 0 Å². The van der Waals surface area contributed by atoms with Crippen molar-refractivity contribution in [3.05, 3.63) is 82.6 Å². The lowest BCUT2D eigenvalue weighted by Gasteiger charge is -2.08. The molecule has 2 aromatic carbocycles. The van der Waals surface area contributed by atoms with Crippen LogP contribution in [0.2, 0.25) is 0 Å². The zero-order valence-corrected chi connectivity index (χ0v) is 15.9. The third kappa shape index (κ3) is 4.42. The van der Waals surface area contributed by atoms with E-state index in [0.717, 1.165) is 11.1 Å². The Morgan fingerprint density at radius 2 is 1.86 bits per heavy atom. The standard InChI is InChI=1S/C23H18N2O4/c1-14-7-8-15(2)20(11-14)25-22(26)16(13-24)12-17-9-10-21(29-17)18-5-3-4-6-19(18)23(27)28/h3-12H,1-2H3,(H,25,26)(H,27,28)/b16-12+. The van der Waals surface area contributed by atoms with Crippen LogP contribution in [-0.4, -0.2) is 17.0 Å². The van der Waals surface area contributed by atoms with Gasteiger partial charge in [0.25, 0.3) is 5.91 Å². The van der Waals surface area contributed by atoms with E-state index in [-0.39, 0.29) is 16.9 Å². The van der Waals surface area contributed by atoms with Crippen molar-refractivity contribution in [3.63, 3.8) is 0 Å². The number of benzene rings is 2. The fourth-order valence-electron chi connectivity index (χ4n) is 2.81. The molecule has 3 rings (SSSR count). The van der Waals surface area contributed by atoms with Crippen LogP contribution in [0, 0.1) is 25.2 Å². The molecule has 0 fully saturated rings. The topological polar surface area (TPSA) is 103 Å². The minimum atomic E-state index is -1.07. The summed E-state index contributed by atoms with van der Waals surface area (Å²) in [6, 6.07) is 17.2. The number of nitrogens with one attached hydrogen (secondary N) is 1. The van der Waals surface area contributed by atoms with E-state index in [2.05, 4.69) is 5.32 Å². The number of carboxylic acid groups (broad SMARTS) is 1. The Labute approximate surface area is 167 Å². The van der Waals surface area contributed by atoms with Crippen molar-refractivity contribution >= 4 is 23.6 Å². The van der Waals surface area contributed by atoms with Gasteiger partial charge < -0.3 is 14.8 Å². The van der Waals surface area contributed by atoms with Crippen molar-refractivity contribution in [1.82, 2.24) is 0 Å². The van der Waals surface area contributed by atoms with Gasteiger partial charge in [0.15, 0.2) is 0 Å². The number of aryl methyl sites for hydroxylation is 2. The van der Waals surface area contributed by atoms with Crippen LogP contribution < -0.4 is 5.32 Å². The van der Waals surface area contributed by atoms with Crippen LogP contribution in [0.15, 0.2) is 64.6 Å². The van der Waals surface area contributed by atoms with E-state index >= 15 is 0 Å². The molecule has 144 valence electrons. The molecule has 0 saturated heterocycles. The van der Waals surface area contributed by atoms with Crippen LogP contribution in [0.1, 0.15) is 27.2 Å². The van der Waals surface area contributed by atoms with Crippen LogP contribution in [-0.2, 0) is 4.79 Å². The van der Waals surface area contributed by atoms with Gasteiger partial charge >= 0.3 is 5.97 Å². The van der Waals surface area contributed by atoms with E-state index in [9.17, 15) is 20.0 Å². The third-order valence-electron chi connectivity index (χ3n) is 4.34. The molecule has 3 aromatic rings. The lowest BCUT2D eigenvalue weighted by Crippen LogP contribution is -2.14. The number of furan rings is 1. The highest BCUT2D eigenvalue weighted by atomic mass is 16.4. The molecule has 1 heterocycles. The summed E-state index contributed by atoms with van der Waals surface area (Å²) < 4.78 is 5.67. The predicted molar refractivity (Wildman–Crippen MR) is 109 cm³/mol. The van der Waals surface area contributed by atoms with E-state index in [4.69, 9.17) is 4.42 Å². The molecule has 0 radical (unpaired) electrons. The van der Waals surface area contributed by atoms with Crippen LogP contribution in [0.3, 0.4) is 0 Å². The minimum Gasteiger partial charge on any atom is -0.478 e. The number of nitriles is 1. The lowest BCUT2D eigenvalue weighted by molar-refractivity contribution is -0.112. The molecule has 6 heteroatoms. The Morgan fingerprint density at radius 1 is 1.10 bits per heavy atom. The molecule has 0 spiro atoms. The zero-order valence-electron chi connectivity index (χ0n) is 15.9. The van der Waals surface area contributed by atoms with E-state index in [1.54, 1.807) is 30.3 Å². The molecule has 1 aromatic heterocycles. The van der Waals surface area contributed by atoms with Crippen molar-refractivity contribution in [2.75, 3.05) is 5.32 Å². The van der Waals surface area contributed by atoms with Gasteiger partial charge in [-0.15, -0.1) is 0 Å². The molecule has 0 unspecified atom stereocenters. The predicted octanol–water partition coefficient (Wildman–Crippen LogP) is 4.81. The summed E-state index contributed by atoms with van der Waals surface area (Å²) in [5.41, 5.74) is 2.89. The number of carbonyl (C=O) groups is 2. The number of nitrogens with zero attached hydrogens (tertiary/aromatic N) is 1. The summed E-state index contributed by atoms with van der Waals surface area (Å²) in [4.78, 5) is 23.9.